The van der Waals surface area contributed by atoms with Gasteiger partial charge < -0.3 is 5.32 Å². The number of carbonyl (C=O) groups excluding carboxylic acids is 2. The summed E-state index contributed by atoms with van der Waals surface area (Å²) in [5, 5.41) is 3.10. The Balaban J connectivity index is 1.46. The molecule has 1 amide bonds. The highest BCUT2D eigenvalue weighted by atomic mass is 32.2. The number of nitrogens with one attached hydrogen (secondary N) is 1. The van der Waals surface area contributed by atoms with Crippen LogP contribution in [-0.4, -0.2) is 29.3 Å². The Labute approximate surface area is 116 Å². The van der Waals surface area contributed by atoms with Gasteiger partial charge in [0.15, 0.2) is 5.78 Å². The SMILES string of the molecule is O=C1C=CC2=NC(CCNC(=O)C3CCC3)SC2=C1. The number of hydrogen-bond acceptors (Lipinski definition) is 4. The molecule has 5 heteroatoms. The fraction of sp³-hybridized carbons (Fsp3) is 0.500. The molecular weight excluding hydrogens is 260 g/mol. The summed E-state index contributed by atoms with van der Waals surface area (Å²) >= 11 is 1.61. The molecule has 1 heterocycles. The van der Waals surface area contributed by atoms with Gasteiger partial charge in [0.1, 0.15) is 5.37 Å². The van der Waals surface area contributed by atoms with E-state index in [-0.39, 0.29) is 23.0 Å². The smallest absolute Gasteiger partial charge is 0.223 e. The highest BCUT2D eigenvalue weighted by molar-refractivity contribution is 8.05. The summed E-state index contributed by atoms with van der Waals surface area (Å²) in [6.45, 7) is 0.661. The van der Waals surface area contributed by atoms with Crippen molar-refractivity contribution in [1.29, 1.82) is 0 Å². The van der Waals surface area contributed by atoms with E-state index in [2.05, 4.69) is 10.3 Å². The summed E-state index contributed by atoms with van der Waals surface area (Å²) < 4.78 is 0. The molecule has 19 heavy (non-hydrogen) atoms. The van der Waals surface area contributed by atoms with Gasteiger partial charge in [-0.25, -0.2) is 0 Å². The van der Waals surface area contributed by atoms with Crippen LogP contribution in [0.25, 0.3) is 0 Å². The highest BCUT2D eigenvalue weighted by Gasteiger charge is 2.26. The molecule has 4 nitrogen and oxygen atoms in total. The van der Waals surface area contributed by atoms with Crippen molar-refractivity contribution in [3.63, 3.8) is 0 Å². The van der Waals surface area contributed by atoms with E-state index in [4.69, 9.17) is 0 Å². The molecule has 1 fully saturated rings. The molecule has 1 unspecified atom stereocenters. The van der Waals surface area contributed by atoms with Gasteiger partial charge in [0.05, 0.1) is 5.71 Å². The highest BCUT2D eigenvalue weighted by Crippen LogP contribution is 2.35. The van der Waals surface area contributed by atoms with Gasteiger partial charge in [-0.15, -0.1) is 0 Å². The molecule has 0 aromatic heterocycles. The lowest BCUT2D eigenvalue weighted by molar-refractivity contribution is -0.127. The molecule has 100 valence electrons. The van der Waals surface area contributed by atoms with E-state index in [9.17, 15) is 9.59 Å². The van der Waals surface area contributed by atoms with Crippen LogP contribution in [0.15, 0.2) is 28.1 Å². The minimum Gasteiger partial charge on any atom is -0.356 e. The number of hydrogen-bond donors (Lipinski definition) is 1. The molecule has 1 atom stereocenters. The van der Waals surface area contributed by atoms with Crippen LogP contribution in [0.2, 0.25) is 0 Å². The Bertz CT molecular complexity index is 504. The standard InChI is InChI=1S/C14H16N2O2S/c17-10-4-5-11-12(8-10)19-13(16-11)6-7-15-14(18)9-2-1-3-9/h4-5,8-9,13H,1-3,6-7H2,(H,15,18). The molecule has 1 aliphatic heterocycles. The van der Waals surface area contributed by atoms with Crippen LogP contribution >= 0.6 is 11.8 Å². The topological polar surface area (TPSA) is 58.5 Å². The normalized spacial score (nSPS) is 25.5. The second-order valence-corrected chi connectivity index (χ2v) is 6.26. The maximum Gasteiger partial charge on any atom is 0.223 e. The quantitative estimate of drug-likeness (QED) is 0.797. The molecular formula is C14H16N2O2S. The van der Waals surface area contributed by atoms with Crippen LogP contribution in [0.5, 0.6) is 0 Å². The van der Waals surface area contributed by atoms with Crippen molar-refractivity contribution in [1.82, 2.24) is 5.32 Å². The van der Waals surface area contributed by atoms with Gasteiger partial charge in [0.2, 0.25) is 5.91 Å². The van der Waals surface area contributed by atoms with Crippen molar-refractivity contribution in [3.8, 4) is 0 Å². The van der Waals surface area contributed by atoms with Crippen LogP contribution in [0.1, 0.15) is 25.7 Å². The van der Waals surface area contributed by atoms with Gasteiger partial charge >= 0.3 is 0 Å². The first-order valence-corrected chi connectivity index (χ1v) is 7.56. The molecule has 1 saturated carbocycles. The molecule has 3 rings (SSSR count). The molecule has 0 radical (unpaired) electrons. The summed E-state index contributed by atoms with van der Waals surface area (Å²) in [6.07, 6.45) is 9.01. The maximum atomic E-state index is 11.7. The van der Waals surface area contributed by atoms with Crippen molar-refractivity contribution >= 4 is 29.2 Å². The van der Waals surface area contributed by atoms with Crippen LogP contribution < -0.4 is 5.32 Å². The number of amides is 1. The van der Waals surface area contributed by atoms with Crippen molar-refractivity contribution in [2.75, 3.05) is 6.54 Å². The number of carbonyl (C=O) groups is 2. The maximum absolute atomic E-state index is 11.7. The Kier molecular flexibility index (Phi) is 3.55. The Hall–Kier alpha value is -1.36. The molecule has 3 aliphatic rings. The molecule has 0 aromatic carbocycles. The van der Waals surface area contributed by atoms with Gasteiger partial charge in [-0.05, 0) is 31.4 Å². The lowest BCUT2D eigenvalue weighted by atomic mass is 9.85. The first-order valence-electron chi connectivity index (χ1n) is 6.68. The second-order valence-electron chi connectivity index (χ2n) is 5.04. The van der Waals surface area contributed by atoms with Crippen molar-refractivity contribution in [3.05, 3.63) is 23.1 Å². The van der Waals surface area contributed by atoms with E-state index in [1.54, 1.807) is 30.0 Å². The first kappa shape index (κ1) is 12.7. The molecule has 1 N–H and O–H groups in total. The summed E-state index contributed by atoms with van der Waals surface area (Å²) in [5.41, 5.74) is 0.903. The third kappa shape index (κ3) is 2.81. The average molecular weight is 276 g/mol. The van der Waals surface area contributed by atoms with Crippen LogP contribution in [0.3, 0.4) is 0 Å². The molecule has 0 bridgehead atoms. The number of thioether (sulfide) groups is 1. The predicted octanol–water partition coefficient (Wildman–Crippen LogP) is 1.83. The predicted molar refractivity (Wildman–Crippen MR) is 76.0 cm³/mol. The van der Waals surface area contributed by atoms with Crippen LogP contribution in [0, 0.1) is 5.92 Å². The number of rotatable bonds is 4. The van der Waals surface area contributed by atoms with E-state index in [1.165, 1.54) is 6.42 Å². The van der Waals surface area contributed by atoms with E-state index in [0.717, 1.165) is 29.9 Å². The van der Waals surface area contributed by atoms with Crippen molar-refractivity contribution < 1.29 is 9.59 Å². The molecule has 0 spiro atoms. The van der Waals surface area contributed by atoms with Gasteiger partial charge in [0, 0.05) is 23.4 Å². The van der Waals surface area contributed by atoms with E-state index in [1.807, 2.05) is 0 Å². The summed E-state index contributed by atoms with van der Waals surface area (Å²) in [7, 11) is 0. The van der Waals surface area contributed by atoms with E-state index < -0.39 is 0 Å². The lowest BCUT2D eigenvalue weighted by Gasteiger charge is -2.24. The lowest BCUT2D eigenvalue weighted by Crippen LogP contribution is -2.35. The van der Waals surface area contributed by atoms with Gasteiger partial charge in [-0.3, -0.25) is 14.6 Å². The zero-order chi connectivity index (χ0) is 13.2. The number of allylic oxidation sites excluding steroid dienone is 4. The first-order chi connectivity index (χ1) is 9.22. The fourth-order valence-corrected chi connectivity index (χ4v) is 3.40. The third-order valence-corrected chi connectivity index (χ3v) is 4.84. The van der Waals surface area contributed by atoms with Gasteiger partial charge in [0.25, 0.3) is 0 Å². The molecule has 0 saturated heterocycles. The van der Waals surface area contributed by atoms with Crippen LogP contribution in [0.4, 0.5) is 0 Å². The Morgan fingerprint density at radius 3 is 3.00 bits per heavy atom. The average Bonchev–Trinajstić information content (AvgIpc) is 2.68. The minimum absolute atomic E-state index is 0.0281. The number of aliphatic imine (C=N–C) groups is 1. The number of ketones is 1. The Morgan fingerprint density at radius 1 is 1.42 bits per heavy atom. The molecule has 2 aliphatic carbocycles. The minimum atomic E-state index is 0.0281. The Morgan fingerprint density at radius 2 is 2.26 bits per heavy atom. The monoisotopic (exact) mass is 276 g/mol. The summed E-state index contributed by atoms with van der Waals surface area (Å²) in [4.78, 5) is 28.4. The summed E-state index contributed by atoms with van der Waals surface area (Å²) in [6, 6.07) is 0. The number of nitrogens with zero attached hydrogens (tertiary/aromatic N) is 1. The van der Waals surface area contributed by atoms with Gasteiger partial charge in [-0.1, -0.05) is 18.2 Å². The second kappa shape index (κ2) is 5.33. The fourth-order valence-electron chi connectivity index (χ4n) is 2.28. The van der Waals surface area contributed by atoms with E-state index in [0.29, 0.717) is 6.54 Å². The summed E-state index contributed by atoms with van der Waals surface area (Å²) in [5.74, 6) is 0.461. The largest absolute Gasteiger partial charge is 0.356 e. The zero-order valence-electron chi connectivity index (χ0n) is 10.6. The van der Waals surface area contributed by atoms with Gasteiger partial charge in [-0.2, -0.15) is 0 Å². The number of fused-ring (bicyclic) bond motifs is 1. The van der Waals surface area contributed by atoms with Crippen molar-refractivity contribution in [2.45, 2.75) is 31.1 Å². The van der Waals surface area contributed by atoms with E-state index >= 15 is 0 Å². The third-order valence-electron chi connectivity index (χ3n) is 3.64. The molecule has 0 aromatic rings. The van der Waals surface area contributed by atoms with Crippen molar-refractivity contribution in [2.24, 2.45) is 10.9 Å². The van der Waals surface area contributed by atoms with Crippen LogP contribution in [-0.2, 0) is 9.59 Å². The zero-order valence-corrected chi connectivity index (χ0v) is 11.4.